The number of pyridine rings is 1. The lowest BCUT2D eigenvalue weighted by atomic mass is 9.95. The van der Waals surface area contributed by atoms with Crippen LogP contribution in [0.1, 0.15) is 29.2 Å². The second-order valence-corrected chi connectivity index (χ2v) is 8.73. The molecule has 3 aromatic rings. The van der Waals surface area contributed by atoms with Gasteiger partial charge in [-0.25, -0.2) is 0 Å². The number of aliphatic hydroxyl groups is 1. The van der Waals surface area contributed by atoms with Crippen molar-refractivity contribution < 1.29 is 19.4 Å². The smallest absolute Gasteiger partial charge is 0.295 e. The number of aromatic nitrogens is 1. The standard InChI is InChI=1S/C28H29N3O4/c1-30(2)16-7-17-31-25(24(27(33)28(31)34)26(32)21-12-14-29-15-13-21)22-10-6-11-23(18-22)35-19-20-8-4-3-5-9-20/h3-6,8-15,18,25,32H,7,16-17,19H2,1-2H3/b26-24+. The molecule has 2 aromatic carbocycles. The third-order valence-electron chi connectivity index (χ3n) is 5.92. The second-order valence-electron chi connectivity index (χ2n) is 8.73. The molecule has 1 aliphatic rings. The minimum absolute atomic E-state index is 0.0752. The van der Waals surface area contributed by atoms with Crippen LogP contribution in [-0.4, -0.2) is 58.8 Å². The monoisotopic (exact) mass is 471 g/mol. The molecule has 1 atom stereocenters. The molecule has 1 aromatic heterocycles. The number of ether oxygens (including phenoxy) is 1. The van der Waals surface area contributed by atoms with Crippen LogP contribution in [0, 0.1) is 0 Å². The van der Waals surface area contributed by atoms with Gasteiger partial charge in [0, 0.05) is 24.5 Å². The van der Waals surface area contributed by atoms with E-state index in [-0.39, 0.29) is 11.3 Å². The van der Waals surface area contributed by atoms with Crippen LogP contribution in [0.3, 0.4) is 0 Å². The van der Waals surface area contributed by atoms with Crippen LogP contribution in [0.15, 0.2) is 84.7 Å². The number of nitrogens with zero attached hydrogens (tertiary/aromatic N) is 3. The number of benzene rings is 2. The number of hydrogen-bond donors (Lipinski definition) is 1. The Morgan fingerprint density at radius 2 is 1.77 bits per heavy atom. The molecule has 0 saturated carbocycles. The molecule has 0 bridgehead atoms. The van der Waals surface area contributed by atoms with E-state index >= 15 is 0 Å². The minimum Gasteiger partial charge on any atom is -0.507 e. The number of ketones is 1. The normalized spacial score (nSPS) is 17.2. The molecule has 35 heavy (non-hydrogen) atoms. The summed E-state index contributed by atoms with van der Waals surface area (Å²) in [6.07, 6.45) is 3.76. The van der Waals surface area contributed by atoms with Gasteiger partial charge in [0.05, 0.1) is 11.6 Å². The molecule has 0 spiro atoms. The van der Waals surface area contributed by atoms with Crippen molar-refractivity contribution in [1.29, 1.82) is 0 Å². The lowest BCUT2D eigenvalue weighted by molar-refractivity contribution is -0.139. The highest BCUT2D eigenvalue weighted by atomic mass is 16.5. The molecule has 1 aliphatic heterocycles. The summed E-state index contributed by atoms with van der Waals surface area (Å²) in [5, 5.41) is 11.1. The molecule has 180 valence electrons. The third-order valence-corrected chi connectivity index (χ3v) is 5.92. The molecule has 0 radical (unpaired) electrons. The van der Waals surface area contributed by atoms with Crippen molar-refractivity contribution in [3.8, 4) is 5.75 Å². The molecule has 7 nitrogen and oxygen atoms in total. The largest absolute Gasteiger partial charge is 0.507 e. The molecule has 7 heteroatoms. The summed E-state index contributed by atoms with van der Waals surface area (Å²) in [5.41, 5.74) is 2.25. The summed E-state index contributed by atoms with van der Waals surface area (Å²) in [6.45, 7) is 1.54. The van der Waals surface area contributed by atoms with Crippen molar-refractivity contribution in [2.75, 3.05) is 27.2 Å². The first-order valence-electron chi connectivity index (χ1n) is 11.6. The van der Waals surface area contributed by atoms with Crippen molar-refractivity contribution in [3.05, 3.63) is 101 Å². The lowest BCUT2D eigenvalue weighted by Crippen LogP contribution is -2.32. The Kier molecular flexibility index (Phi) is 7.57. The van der Waals surface area contributed by atoms with Crippen molar-refractivity contribution in [2.24, 2.45) is 0 Å². The van der Waals surface area contributed by atoms with Gasteiger partial charge in [-0.3, -0.25) is 14.6 Å². The first kappa shape index (κ1) is 24.2. The fourth-order valence-electron chi connectivity index (χ4n) is 4.20. The fraction of sp³-hybridized carbons (Fsp3) is 0.250. The molecular formula is C28H29N3O4. The van der Waals surface area contributed by atoms with Crippen LogP contribution in [0.4, 0.5) is 0 Å². The maximum atomic E-state index is 13.1. The minimum atomic E-state index is -0.717. The SMILES string of the molecule is CN(C)CCCN1C(=O)C(=O)/C(=C(/O)c2ccncc2)C1c1cccc(OCc2ccccc2)c1. The van der Waals surface area contributed by atoms with Gasteiger partial charge in [0.2, 0.25) is 0 Å². The van der Waals surface area contributed by atoms with Crippen molar-refractivity contribution in [3.63, 3.8) is 0 Å². The predicted molar refractivity (Wildman–Crippen MR) is 134 cm³/mol. The predicted octanol–water partition coefficient (Wildman–Crippen LogP) is 4.03. The highest BCUT2D eigenvalue weighted by Gasteiger charge is 2.45. The lowest BCUT2D eigenvalue weighted by Gasteiger charge is -2.26. The third kappa shape index (κ3) is 5.58. The summed E-state index contributed by atoms with van der Waals surface area (Å²) < 4.78 is 5.99. The van der Waals surface area contributed by atoms with E-state index in [4.69, 9.17) is 4.74 Å². The number of rotatable bonds is 9. The topological polar surface area (TPSA) is 83.0 Å². The van der Waals surface area contributed by atoms with E-state index in [0.717, 1.165) is 12.1 Å². The fourth-order valence-corrected chi connectivity index (χ4v) is 4.20. The molecule has 1 fully saturated rings. The average molecular weight is 472 g/mol. The first-order valence-corrected chi connectivity index (χ1v) is 11.6. The van der Waals surface area contributed by atoms with Crippen LogP contribution in [0.2, 0.25) is 0 Å². The quantitative estimate of drug-likeness (QED) is 0.288. The summed E-state index contributed by atoms with van der Waals surface area (Å²) in [5.74, 6) is -0.889. The van der Waals surface area contributed by atoms with Gasteiger partial charge in [-0.05, 0) is 62.5 Å². The van der Waals surface area contributed by atoms with E-state index in [1.165, 1.54) is 12.4 Å². The molecule has 1 saturated heterocycles. The van der Waals surface area contributed by atoms with E-state index < -0.39 is 17.7 Å². The summed E-state index contributed by atoms with van der Waals surface area (Å²) in [6, 6.07) is 19.7. The maximum Gasteiger partial charge on any atom is 0.295 e. The van der Waals surface area contributed by atoms with Crippen molar-refractivity contribution in [1.82, 2.24) is 14.8 Å². The van der Waals surface area contributed by atoms with Crippen molar-refractivity contribution in [2.45, 2.75) is 19.1 Å². The Hall–Kier alpha value is -3.97. The molecular weight excluding hydrogens is 442 g/mol. The zero-order valence-electron chi connectivity index (χ0n) is 19.9. The number of likely N-dealkylation sites (tertiary alicyclic amines) is 1. The zero-order valence-corrected chi connectivity index (χ0v) is 19.9. The van der Waals surface area contributed by atoms with Crippen LogP contribution >= 0.6 is 0 Å². The molecule has 1 unspecified atom stereocenters. The van der Waals surface area contributed by atoms with Gasteiger partial charge in [0.15, 0.2) is 0 Å². The number of carbonyl (C=O) groups is 2. The van der Waals surface area contributed by atoms with Gasteiger partial charge in [0.1, 0.15) is 18.1 Å². The summed E-state index contributed by atoms with van der Waals surface area (Å²) in [4.78, 5) is 33.8. The molecule has 2 heterocycles. The van der Waals surface area contributed by atoms with E-state index in [1.807, 2.05) is 73.6 Å². The summed E-state index contributed by atoms with van der Waals surface area (Å²) >= 11 is 0. The Morgan fingerprint density at radius 3 is 2.49 bits per heavy atom. The number of carbonyl (C=O) groups excluding carboxylic acids is 2. The number of Topliss-reactive ketones (excluding diaryl/α,β-unsaturated/α-hetero) is 1. The Balaban J connectivity index is 1.70. The van der Waals surface area contributed by atoms with Gasteiger partial charge >= 0.3 is 0 Å². The van der Waals surface area contributed by atoms with Gasteiger partial charge in [-0.1, -0.05) is 42.5 Å². The number of hydrogen-bond acceptors (Lipinski definition) is 6. The van der Waals surface area contributed by atoms with Gasteiger partial charge in [-0.15, -0.1) is 0 Å². The van der Waals surface area contributed by atoms with E-state index in [1.54, 1.807) is 17.0 Å². The van der Waals surface area contributed by atoms with Crippen LogP contribution in [-0.2, 0) is 16.2 Å². The summed E-state index contributed by atoms with van der Waals surface area (Å²) in [7, 11) is 3.92. The van der Waals surface area contributed by atoms with Crippen molar-refractivity contribution >= 4 is 17.4 Å². The molecule has 1 N–H and O–H groups in total. The van der Waals surface area contributed by atoms with Gasteiger partial charge < -0.3 is 19.6 Å². The molecule has 4 rings (SSSR count). The molecule has 1 amide bonds. The van der Waals surface area contributed by atoms with E-state index in [9.17, 15) is 14.7 Å². The Bertz CT molecular complexity index is 1210. The second kappa shape index (κ2) is 11.0. The molecule has 0 aliphatic carbocycles. The number of amides is 1. The Labute approximate surface area is 205 Å². The zero-order chi connectivity index (χ0) is 24.8. The van der Waals surface area contributed by atoms with Crippen LogP contribution < -0.4 is 4.74 Å². The van der Waals surface area contributed by atoms with E-state index in [2.05, 4.69) is 4.98 Å². The first-order chi connectivity index (χ1) is 17.0. The highest BCUT2D eigenvalue weighted by Crippen LogP contribution is 2.40. The van der Waals surface area contributed by atoms with Gasteiger partial charge in [-0.2, -0.15) is 0 Å². The van der Waals surface area contributed by atoms with Crippen LogP contribution in [0.5, 0.6) is 5.75 Å². The van der Waals surface area contributed by atoms with Crippen LogP contribution in [0.25, 0.3) is 5.76 Å². The maximum absolute atomic E-state index is 13.1. The van der Waals surface area contributed by atoms with Gasteiger partial charge in [0.25, 0.3) is 11.7 Å². The average Bonchev–Trinajstić information content (AvgIpc) is 3.13. The van der Waals surface area contributed by atoms with E-state index in [0.29, 0.717) is 36.4 Å². The highest BCUT2D eigenvalue weighted by molar-refractivity contribution is 6.46. The number of aliphatic hydroxyl groups excluding tert-OH is 1. The Morgan fingerprint density at radius 1 is 1.03 bits per heavy atom.